The molecule has 0 aliphatic heterocycles. The number of rotatable bonds is 5. The summed E-state index contributed by atoms with van der Waals surface area (Å²) in [7, 11) is 0. The molecule has 3 aromatic rings. The van der Waals surface area contributed by atoms with Crippen LogP contribution in [0.4, 0.5) is 0 Å². The summed E-state index contributed by atoms with van der Waals surface area (Å²) in [4.78, 5) is 26.9. The number of nitrogens with zero attached hydrogens (tertiary/aromatic N) is 1. The first-order chi connectivity index (χ1) is 12.1. The molecule has 0 saturated carbocycles. The third-order valence-electron chi connectivity index (χ3n) is 3.54. The van der Waals surface area contributed by atoms with Crippen molar-refractivity contribution in [2.45, 2.75) is 0 Å². The Morgan fingerprint density at radius 3 is 2.72 bits per heavy atom. The number of hydrazone groups is 1. The van der Waals surface area contributed by atoms with E-state index in [1.807, 2.05) is 36.5 Å². The van der Waals surface area contributed by atoms with Crippen LogP contribution < -0.4 is 10.7 Å². The van der Waals surface area contributed by atoms with E-state index in [9.17, 15) is 9.59 Å². The van der Waals surface area contributed by atoms with Crippen molar-refractivity contribution >= 4 is 44.9 Å². The first-order valence-electron chi connectivity index (χ1n) is 7.56. The summed E-state index contributed by atoms with van der Waals surface area (Å²) in [6.45, 7) is -0.161. The minimum absolute atomic E-state index is 0.161. The van der Waals surface area contributed by atoms with Gasteiger partial charge in [-0.2, -0.15) is 5.10 Å². The maximum Gasteiger partial charge on any atom is 0.259 e. The molecule has 0 atom stereocenters. The lowest BCUT2D eigenvalue weighted by atomic mass is 10.2. The van der Waals surface area contributed by atoms with E-state index in [-0.39, 0.29) is 12.5 Å². The molecular formula is C18H15BrN4O2. The Morgan fingerprint density at radius 1 is 1.12 bits per heavy atom. The largest absolute Gasteiger partial charge is 0.361 e. The van der Waals surface area contributed by atoms with Gasteiger partial charge in [0.25, 0.3) is 11.8 Å². The van der Waals surface area contributed by atoms with Crippen LogP contribution in [0.3, 0.4) is 0 Å². The minimum atomic E-state index is -0.406. The molecular weight excluding hydrogens is 384 g/mol. The van der Waals surface area contributed by atoms with E-state index in [0.29, 0.717) is 10.0 Å². The van der Waals surface area contributed by atoms with Gasteiger partial charge in [0.05, 0.1) is 18.3 Å². The highest BCUT2D eigenvalue weighted by molar-refractivity contribution is 9.10. The molecule has 6 nitrogen and oxygen atoms in total. The molecule has 0 aliphatic carbocycles. The second-order valence-electron chi connectivity index (χ2n) is 5.25. The number of amides is 2. The normalized spacial score (nSPS) is 10.9. The highest BCUT2D eigenvalue weighted by atomic mass is 79.9. The van der Waals surface area contributed by atoms with Crippen molar-refractivity contribution < 1.29 is 9.59 Å². The molecule has 2 aromatic carbocycles. The van der Waals surface area contributed by atoms with Gasteiger partial charge in [0.1, 0.15) is 0 Å². The Bertz CT molecular complexity index is 949. The molecule has 25 heavy (non-hydrogen) atoms. The number of carbonyl (C=O) groups excluding carboxylic acids is 2. The predicted molar refractivity (Wildman–Crippen MR) is 101 cm³/mol. The fourth-order valence-corrected chi connectivity index (χ4v) is 2.78. The van der Waals surface area contributed by atoms with Gasteiger partial charge in [-0.3, -0.25) is 9.59 Å². The van der Waals surface area contributed by atoms with Crippen LogP contribution >= 0.6 is 15.9 Å². The second kappa shape index (κ2) is 7.76. The Kier molecular flexibility index (Phi) is 5.25. The number of benzene rings is 2. The van der Waals surface area contributed by atoms with Crippen LogP contribution in [-0.2, 0) is 4.79 Å². The van der Waals surface area contributed by atoms with E-state index >= 15 is 0 Å². The smallest absolute Gasteiger partial charge is 0.259 e. The molecule has 3 rings (SSSR count). The zero-order valence-corrected chi connectivity index (χ0v) is 14.7. The number of hydrogen-bond donors (Lipinski definition) is 3. The van der Waals surface area contributed by atoms with Gasteiger partial charge < -0.3 is 10.3 Å². The average Bonchev–Trinajstić information content (AvgIpc) is 3.03. The molecule has 0 radical (unpaired) electrons. The summed E-state index contributed by atoms with van der Waals surface area (Å²) in [5.74, 6) is -0.736. The number of H-pyrrole nitrogens is 1. The van der Waals surface area contributed by atoms with Crippen molar-refractivity contribution in [2.75, 3.05) is 6.54 Å². The van der Waals surface area contributed by atoms with E-state index in [1.165, 1.54) is 0 Å². The molecule has 1 heterocycles. The van der Waals surface area contributed by atoms with Gasteiger partial charge in [-0.05, 0) is 34.1 Å². The minimum Gasteiger partial charge on any atom is -0.361 e. The summed E-state index contributed by atoms with van der Waals surface area (Å²) in [5.41, 5.74) is 4.73. The highest BCUT2D eigenvalue weighted by Gasteiger charge is 2.10. The summed E-state index contributed by atoms with van der Waals surface area (Å²) in [6, 6.07) is 14.8. The maximum atomic E-state index is 12.0. The van der Waals surface area contributed by atoms with E-state index in [1.54, 1.807) is 24.4 Å². The Morgan fingerprint density at radius 2 is 1.88 bits per heavy atom. The number of carbonyl (C=O) groups is 2. The first kappa shape index (κ1) is 16.9. The Labute approximate surface area is 152 Å². The monoisotopic (exact) mass is 398 g/mol. The van der Waals surface area contributed by atoms with Gasteiger partial charge in [-0.1, -0.05) is 30.3 Å². The zero-order valence-electron chi connectivity index (χ0n) is 13.1. The van der Waals surface area contributed by atoms with Gasteiger partial charge in [0.15, 0.2) is 0 Å². The molecule has 0 bridgehead atoms. The number of hydrogen-bond acceptors (Lipinski definition) is 3. The molecule has 0 fully saturated rings. The van der Waals surface area contributed by atoms with Crippen LogP contribution in [0.1, 0.15) is 15.9 Å². The first-order valence-corrected chi connectivity index (χ1v) is 8.35. The number of para-hydroxylation sites is 1. The van der Waals surface area contributed by atoms with Crippen molar-refractivity contribution in [2.24, 2.45) is 5.10 Å². The van der Waals surface area contributed by atoms with Crippen molar-refractivity contribution in [1.82, 2.24) is 15.7 Å². The summed E-state index contributed by atoms with van der Waals surface area (Å²) in [5, 5.41) is 7.50. The Hall–Kier alpha value is -2.93. The van der Waals surface area contributed by atoms with Crippen molar-refractivity contribution in [3.05, 3.63) is 70.3 Å². The lowest BCUT2D eigenvalue weighted by Gasteiger charge is -2.05. The standard InChI is InChI=1S/C18H15BrN4O2/c19-15-7-3-1-6-14(15)18(25)21-11-17(24)23-22-10-12-9-20-16-8-4-2-5-13(12)16/h1-10,20H,11H2,(H,21,25)(H,23,24)/b22-10-. The molecule has 1 aromatic heterocycles. The molecule has 0 aliphatic rings. The molecule has 2 amide bonds. The fourth-order valence-electron chi connectivity index (χ4n) is 2.32. The molecule has 3 N–H and O–H groups in total. The number of aromatic nitrogens is 1. The number of aromatic amines is 1. The molecule has 7 heteroatoms. The molecule has 0 spiro atoms. The quantitative estimate of drug-likeness (QED) is 0.455. The predicted octanol–water partition coefficient (Wildman–Crippen LogP) is 2.81. The average molecular weight is 399 g/mol. The van der Waals surface area contributed by atoms with Crippen LogP contribution in [0.2, 0.25) is 0 Å². The number of fused-ring (bicyclic) bond motifs is 1. The second-order valence-corrected chi connectivity index (χ2v) is 6.10. The fraction of sp³-hybridized carbons (Fsp3) is 0.0556. The van der Waals surface area contributed by atoms with E-state index in [4.69, 9.17) is 0 Å². The van der Waals surface area contributed by atoms with Gasteiger partial charge in [0, 0.05) is 27.1 Å². The van der Waals surface area contributed by atoms with Crippen LogP contribution in [0.25, 0.3) is 10.9 Å². The van der Waals surface area contributed by atoms with Crippen LogP contribution in [-0.4, -0.2) is 29.6 Å². The van der Waals surface area contributed by atoms with Gasteiger partial charge in [-0.25, -0.2) is 5.43 Å². The lowest BCUT2D eigenvalue weighted by Crippen LogP contribution is -2.35. The Balaban J connectivity index is 1.53. The van der Waals surface area contributed by atoms with E-state index < -0.39 is 5.91 Å². The summed E-state index contributed by atoms with van der Waals surface area (Å²) < 4.78 is 0.672. The zero-order chi connectivity index (χ0) is 17.6. The van der Waals surface area contributed by atoms with Crippen molar-refractivity contribution in [3.8, 4) is 0 Å². The van der Waals surface area contributed by atoms with Gasteiger partial charge in [0.2, 0.25) is 0 Å². The van der Waals surface area contributed by atoms with Gasteiger partial charge in [-0.15, -0.1) is 0 Å². The highest BCUT2D eigenvalue weighted by Crippen LogP contribution is 2.16. The number of nitrogens with one attached hydrogen (secondary N) is 3. The number of halogens is 1. The topological polar surface area (TPSA) is 86.3 Å². The van der Waals surface area contributed by atoms with E-state index in [0.717, 1.165) is 16.5 Å². The lowest BCUT2D eigenvalue weighted by molar-refractivity contribution is -0.120. The summed E-state index contributed by atoms with van der Waals surface area (Å²) in [6.07, 6.45) is 3.38. The maximum absolute atomic E-state index is 12.0. The van der Waals surface area contributed by atoms with Crippen LogP contribution in [0, 0.1) is 0 Å². The van der Waals surface area contributed by atoms with Gasteiger partial charge >= 0.3 is 0 Å². The third kappa shape index (κ3) is 4.13. The van der Waals surface area contributed by atoms with E-state index in [2.05, 4.69) is 36.8 Å². The third-order valence-corrected chi connectivity index (χ3v) is 4.23. The van der Waals surface area contributed by atoms with Crippen LogP contribution in [0.5, 0.6) is 0 Å². The van der Waals surface area contributed by atoms with Crippen molar-refractivity contribution in [3.63, 3.8) is 0 Å². The van der Waals surface area contributed by atoms with Crippen molar-refractivity contribution in [1.29, 1.82) is 0 Å². The molecule has 0 unspecified atom stereocenters. The SMILES string of the molecule is O=C(CNC(=O)c1ccccc1Br)N/N=C\c1c[nH]c2ccccc12. The molecule has 126 valence electrons. The summed E-state index contributed by atoms with van der Waals surface area (Å²) >= 11 is 3.30. The molecule has 0 saturated heterocycles. The van der Waals surface area contributed by atoms with Crippen LogP contribution in [0.15, 0.2) is 64.3 Å².